The average molecular weight is 449 g/mol. The second-order valence-corrected chi connectivity index (χ2v) is 7.87. The van der Waals surface area contributed by atoms with Gasteiger partial charge >= 0.3 is 0 Å². The summed E-state index contributed by atoms with van der Waals surface area (Å²) < 4.78 is 7.38. The molecule has 170 valence electrons. The van der Waals surface area contributed by atoms with Crippen LogP contribution in [0.5, 0.6) is 0 Å². The SMILES string of the molecule is Nc1ccc(-c2ccc(Nc3nc4c(=O)[nH]c(N)nc4n3[C@H]3C[C@H](O)[C@@H](CO)O3)cc2)cc1. The predicted molar refractivity (Wildman–Crippen MR) is 124 cm³/mol. The minimum Gasteiger partial charge on any atom is -0.399 e. The Kier molecular flexibility index (Phi) is 5.21. The van der Waals surface area contributed by atoms with Crippen molar-refractivity contribution in [3.63, 3.8) is 0 Å². The van der Waals surface area contributed by atoms with Gasteiger partial charge in [0.1, 0.15) is 12.3 Å². The highest BCUT2D eigenvalue weighted by molar-refractivity contribution is 5.77. The number of imidazole rings is 1. The second kappa shape index (κ2) is 8.20. The number of fused-ring (bicyclic) bond motifs is 1. The van der Waals surface area contributed by atoms with Gasteiger partial charge in [0.05, 0.1) is 12.7 Å². The van der Waals surface area contributed by atoms with Crippen LogP contribution in [0, 0.1) is 0 Å². The molecule has 11 heteroatoms. The van der Waals surface area contributed by atoms with E-state index in [1.807, 2.05) is 48.5 Å². The highest BCUT2D eigenvalue weighted by atomic mass is 16.5. The first-order chi connectivity index (χ1) is 15.9. The van der Waals surface area contributed by atoms with E-state index in [4.69, 9.17) is 16.2 Å². The molecule has 0 unspecified atom stereocenters. The molecular formula is C22H23N7O4. The lowest BCUT2D eigenvalue weighted by atomic mass is 10.1. The van der Waals surface area contributed by atoms with Crippen LogP contribution in [-0.4, -0.2) is 48.5 Å². The Hall–Kier alpha value is -3.93. The number of benzene rings is 2. The molecule has 0 bridgehead atoms. The van der Waals surface area contributed by atoms with E-state index in [0.717, 1.165) is 11.1 Å². The van der Waals surface area contributed by atoms with Crippen LogP contribution in [0.4, 0.5) is 23.3 Å². The monoisotopic (exact) mass is 449 g/mol. The fourth-order valence-electron chi connectivity index (χ4n) is 3.95. The first-order valence-electron chi connectivity index (χ1n) is 10.4. The van der Waals surface area contributed by atoms with Crippen molar-refractivity contribution < 1.29 is 14.9 Å². The molecule has 1 fully saturated rings. The zero-order chi connectivity index (χ0) is 23.1. The Bertz CT molecular complexity index is 1350. The molecular weight excluding hydrogens is 426 g/mol. The van der Waals surface area contributed by atoms with E-state index in [0.29, 0.717) is 17.3 Å². The molecule has 0 saturated carbocycles. The standard InChI is InChI=1S/C22H23N7O4/c23-13-5-1-11(2-6-13)12-3-7-14(8-4-12)25-22-26-18-19(27-21(24)28-20(18)32)29(22)17-9-15(31)16(10-30)33-17/h1-8,15-17,30-31H,9-10,23H2,(H,25,26)(H3,24,27,28,32)/t15-,16+,17+/m0/s1. The zero-order valence-corrected chi connectivity index (χ0v) is 17.5. The van der Waals surface area contributed by atoms with Crippen LogP contribution in [-0.2, 0) is 4.74 Å². The maximum absolute atomic E-state index is 12.4. The molecule has 0 radical (unpaired) electrons. The van der Waals surface area contributed by atoms with Gasteiger partial charge in [-0.1, -0.05) is 24.3 Å². The van der Waals surface area contributed by atoms with Crippen molar-refractivity contribution in [2.75, 3.05) is 23.4 Å². The first-order valence-corrected chi connectivity index (χ1v) is 10.4. The number of rotatable bonds is 5. The highest BCUT2D eigenvalue weighted by Crippen LogP contribution is 2.34. The summed E-state index contributed by atoms with van der Waals surface area (Å²) in [6, 6.07) is 15.2. The van der Waals surface area contributed by atoms with Crippen molar-refractivity contribution in [1.29, 1.82) is 0 Å². The van der Waals surface area contributed by atoms with E-state index in [2.05, 4.69) is 20.3 Å². The van der Waals surface area contributed by atoms with Gasteiger partial charge in [0.25, 0.3) is 5.56 Å². The molecule has 1 saturated heterocycles. The van der Waals surface area contributed by atoms with Crippen molar-refractivity contribution in [3.05, 3.63) is 58.9 Å². The maximum Gasteiger partial charge on any atom is 0.280 e. The number of H-pyrrole nitrogens is 1. The Morgan fingerprint density at radius 3 is 2.39 bits per heavy atom. The second-order valence-electron chi connectivity index (χ2n) is 7.87. The number of aromatic amines is 1. The zero-order valence-electron chi connectivity index (χ0n) is 17.5. The van der Waals surface area contributed by atoms with Crippen molar-refractivity contribution in [2.45, 2.75) is 24.9 Å². The average Bonchev–Trinajstić information content (AvgIpc) is 3.34. The summed E-state index contributed by atoms with van der Waals surface area (Å²) in [5, 5.41) is 22.9. The van der Waals surface area contributed by atoms with E-state index in [1.165, 1.54) is 0 Å². The molecule has 4 aromatic rings. The number of nitrogens with two attached hydrogens (primary N) is 2. The lowest BCUT2D eigenvalue weighted by molar-refractivity contribution is -0.0425. The van der Waals surface area contributed by atoms with Gasteiger partial charge in [-0.3, -0.25) is 14.3 Å². The minimum absolute atomic E-state index is 0.0645. The Labute approximate surface area is 187 Å². The van der Waals surface area contributed by atoms with E-state index >= 15 is 0 Å². The number of aliphatic hydroxyl groups is 2. The maximum atomic E-state index is 12.4. The molecule has 0 amide bonds. The van der Waals surface area contributed by atoms with Crippen LogP contribution in [0.1, 0.15) is 12.6 Å². The Morgan fingerprint density at radius 1 is 1.09 bits per heavy atom. The van der Waals surface area contributed by atoms with Crippen molar-refractivity contribution in [2.24, 2.45) is 0 Å². The van der Waals surface area contributed by atoms with Gasteiger partial charge in [-0.05, 0) is 35.4 Å². The van der Waals surface area contributed by atoms with Crippen molar-refractivity contribution in [3.8, 4) is 11.1 Å². The number of aromatic nitrogens is 4. The molecule has 3 heterocycles. The molecule has 2 aromatic carbocycles. The van der Waals surface area contributed by atoms with Crippen LogP contribution in [0.2, 0.25) is 0 Å². The van der Waals surface area contributed by atoms with Gasteiger partial charge in [0.2, 0.25) is 11.9 Å². The van der Waals surface area contributed by atoms with Gasteiger partial charge in [-0.2, -0.15) is 4.98 Å². The van der Waals surface area contributed by atoms with E-state index in [-0.39, 0.29) is 30.1 Å². The lowest BCUT2D eigenvalue weighted by Crippen LogP contribution is -2.24. The number of nitrogens with zero attached hydrogens (tertiary/aromatic N) is 3. The third-order valence-electron chi connectivity index (χ3n) is 5.63. The summed E-state index contributed by atoms with van der Waals surface area (Å²) in [6.45, 7) is -0.337. The smallest absolute Gasteiger partial charge is 0.280 e. The third kappa shape index (κ3) is 3.89. The summed E-state index contributed by atoms with van der Waals surface area (Å²) in [6.07, 6.45) is -2.13. The molecule has 0 spiro atoms. The molecule has 1 aliphatic rings. The molecule has 5 rings (SSSR count). The number of anilines is 4. The fraction of sp³-hybridized carbons (Fsp3) is 0.227. The normalized spacial score (nSPS) is 20.4. The van der Waals surface area contributed by atoms with Gasteiger partial charge in [0.15, 0.2) is 11.2 Å². The van der Waals surface area contributed by atoms with Crippen molar-refractivity contribution in [1.82, 2.24) is 19.5 Å². The van der Waals surface area contributed by atoms with Gasteiger partial charge in [-0.15, -0.1) is 0 Å². The Morgan fingerprint density at radius 2 is 1.76 bits per heavy atom. The van der Waals surface area contributed by atoms with E-state index in [1.54, 1.807) is 4.57 Å². The summed E-state index contributed by atoms with van der Waals surface area (Å²) in [4.78, 5) is 23.5. The van der Waals surface area contributed by atoms with Crippen LogP contribution in [0.15, 0.2) is 53.3 Å². The first kappa shape index (κ1) is 20.9. The Balaban J connectivity index is 1.52. The van der Waals surface area contributed by atoms with E-state index in [9.17, 15) is 15.0 Å². The largest absolute Gasteiger partial charge is 0.399 e. The quantitative estimate of drug-likeness (QED) is 0.245. The van der Waals surface area contributed by atoms with Crippen molar-refractivity contribution >= 4 is 34.4 Å². The van der Waals surface area contributed by atoms with Crippen LogP contribution >= 0.6 is 0 Å². The van der Waals surface area contributed by atoms with Gasteiger partial charge in [0, 0.05) is 17.8 Å². The summed E-state index contributed by atoms with van der Waals surface area (Å²) in [7, 11) is 0. The van der Waals surface area contributed by atoms with Crippen LogP contribution in [0.3, 0.4) is 0 Å². The number of hydrogen-bond donors (Lipinski definition) is 6. The number of hydrogen-bond acceptors (Lipinski definition) is 9. The predicted octanol–water partition coefficient (Wildman–Crippen LogP) is 1.34. The summed E-state index contributed by atoms with van der Waals surface area (Å²) >= 11 is 0. The number of nitrogen functional groups attached to an aromatic ring is 2. The molecule has 3 atom stereocenters. The van der Waals surface area contributed by atoms with Gasteiger partial charge in [-0.25, -0.2) is 4.98 Å². The van der Waals surface area contributed by atoms with Crippen LogP contribution < -0.4 is 22.3 Å². The number of ether oxygens (including phenoxy) is 1. The van der Waals surface area contributed by atoms with Gasteiger partial charge < -0.3 is 31.7 Å². The van der Waals surface area contributed by atoms with Crippen LogP contribution in [0.25, 0.3) is 22.3 Å². The lowest BCUT2D eigenvalue weighted by Gasteiger charge is -2.17. The minimum atomic E-state index is -0.871. The molecule has 0 aliphatic carbocycles. The topological polar surface area (TPSA) is 177 Å². The molecule has 11 nitrogen and oxygen atoms in total. The molecule has 2 aromatic heterocycles. The molecule has 1 aliphatic heterocycles. The summed E-state index contributed by atoms with van der Waals surface area (Å²) in [5.41, 5.74) is 14.8. The number of nitrogens with one attached hydrogen (secondary N) is 2. The number of aliphatic hydroxyl groups excluding tert-OH is 2. The third-order valence-corrected chi connectivity index (χ3v) is 5.63. The fourth-order valence-corrected chi connectivity index (χ4v) is 3.95. The molecule has 33 heavy (non-hydrogen) atoms. The van der Waals surface area contributed by atoms with E-state index < -0.39 is 24.0 Å². The highest BCUT2D eigenvalue weighted by Gasteiger charge is 2.37. The summed E-state index contributed by atoms with van der Waals surface area (Å²) in [5.74, 6) is 0.231. The molecule has 8 N–H and O–H groups in total.